The molecule has 2 aliphatic carbocycles. The van der Waals surface area contributed by atoms with Crippen molar-refractivity contribution in [2.45, 2.75) is 75.4 Å². The number of aryl methyl sites for hydroxylation is 2. The van der Waals surface area contributed by atoms with Crippen molar-refractivity contribution in [2.75, 3.05) is 51.4 Å². The number of fused-ring (bicyclic) bond motifs is 5. The van der Waals surface area contributed by atoms with E-state index in [9.17, 15) is 18.3 Å². The van der Waals surface area contributed by atoms with Gasteiger partial charge in [-0.1, -0.05) is 6.42 Å². The third kappa shape index (κ3) is 5.18. The maximum atomic E-state index is 16.3. The summed E-state index contributed by atoms with van der Waals surface area (Å²) in [5.41, 5.74) is -2.94. The maximum absolute atomic E-state index is 16.3. The molecule has 278 valence electrons. The Morgan fingerprint density at radius 1 is 1.08 bits per heavy atom. The van der Waals surface area contributed by atoms with Gasteiger partial charge in [0, 0.05) is 48.6 Å². The molecule has 0 bridgehead atoms. The molecule has 2 saturated heterocycles. The summed E-state index contributed by atoms with van der Waals surface area (Å²) in [7, 11) is 5.67. The topological polar surface area (TPSA) is 122 Å². The van der Waals surface area contributed by atoms with Crippen LogP contribution in [0.25, 0.3) is 44.2 Å². The zero-order valence-electron chi connectivity index (χ0n) is 29.8. The van der Waals surface area contributed by atoms with Crippen LogP contribution in [-0.4, -0.2) is 103 Å². The molecule has 3 atom stereocenters. The Labute approximate surface area is 297 Å². The molecule has 9 rings (SSSR count). The fraction of sp³-hybridized carbons (Fsp3) is 0.611. The molecule has 0 unspecified atom stereocenters. The zero-order valence-corrected chi connectivity index (χ0v) is 29.8. The van der Waals surface area contributed by atoms with Crippen molar-refractivity contribution in [3.63, 3.8) is 0 Å². The Kier molecular flexibility index (Phi) is 7.47. The second kappa shape index (κ2) is 11.5. The summed E-state index contributed by atoms with van der Waals surface area (Å²) < 4.78 is 76.1. The zero-order chi connectivity index (χ0) is 36.4. The monoisotopic (exact) mass is 725 g/mol. The molecule has 0 spiro atoms. The quantitative estimate of drug-likeness (QED) is 0.215. The fourth-order valence-corrected chi connectivity index (χ4v) is 9.51. The molecule has 4 aromatic heterocycles. The number of ether oxygens (including phenoxy) is 2. The first-order valence-electron chi connectivity index (χ1n) is 18.1. The highest BCUT2D eigenvalue weighted by Gasteiger charge is 2.53. The van der Waals surface area contributed by atoms with E-state index in [4.69, 9.17) is 24.5 Å². The van der Waals surface area contributed by atoms with Crippen molar-refractivity contribution in [3.05, 3.63) is 23.4 Å². The molecule has 2 saturated carbocycles. The summed E-state index contributed by atoms with van der Waals surface area (Å²) in [6.07, 6.45) is 2.02. The van der Waals surface area contributed by atoms with Crippen molar-refractivity contribution >= 4 is 38.8 Å². The van der Waals surface area contributed by atoms with Gasteiger partial charge >= 0.3 is 12.2 Å². The third-order valence-electron chi connectivity index (χ3n) is 12.0. The largest absolute Gasteiger partial charge is 0.463 e. The van der Waals surface area contributed by atoms with Crippen LogP contribution in [0.15, 0.2) is 12.3 Å². The molecular weight excluding hydrogens is 682 g/mol. The number of anilines is 1. The van der Waals surface area contributed by atoms with Crippen molar-refractivity contribution in [3.8, 4) is 17.3 Å². The summed E-state index contributed by atoms with van der Waals surface area (Å²) in [6.45, 7) is 4.32. The van der Waals surface area contributed by atoms with Crippen LogP contribution in [0.1, 0.15) is 63.0 Å². The number of aromatic amines is 1. The second-order valence-corrected chi connectivity index (χ2v) is 15.8. The van der Waals surface area contributed by atoms with E-state index in [0.29, 0.717) is 59.1 Å². The molecule has 6 heterocycles. The van der Waals surface area contributed by atoms with E-state index in [2.05, 4.69) is 22.1 Å². The van der Waals surface area contributed by atoms with Crippen molar-refractivity contribution in [1.82, 2.24) is 39.4 Å². The number of nitrogens with one attached hydrogen (secondary N) is 1. The molecule has 2 N–H and O–H groups in total. The number of likely N-dealkylation sites (tertiary alicyclic amines) is 1. The molecule has 5 aromatic rings. The Balaban J connectivity index is 1.27. The first-order valence-corrected chi connectivity index (χ1v) is 18.1. The number of β-amino-alcohol motifs (C(OH)–C–C–N with tert-alkyl or cyclic N) is 1. The summed E-state index contributed by atoms with van der Waals surface area (Å²) in [4.78, 5) is 14.4. The lowest BCUT2D eigenvalue weighted by molar-refractivity contribution is -0.138. The van der Waals surface area contributed by atoms with Crippen LogP contribution in [0.5, 0.6) is 6.01 Å². The number of piperidine rings is 1. The minimum absolute atomic E-state index is 0.0113. The molecule has 52 heavy (non-hydrogen) atoms. The number of nitrogens with zero attached hydrogens (tertiary/aromatic N) is 8. The van der Waals surface area contributed by atoms with E-state index in [0.717, 1.165) is 44.7 Å². The average molecular weight is 726 g/mol. The summed E-state index contributed by atoms with van der Waals surface area (Å²) >= 11 is 0. The molecule has 0 amide bonds. The SMILES string of the molecule is CN1CCC[C@@]2(COc3nc(N4CCOC[C@@](C)(O)C4)c4c5c(c(-c6c(C7(F)CC7)c(C(F)(F)F)cc7[nH]ncc67)nn5C)n(C)c4n3)CCC[C@@H]12. The standard InChI is InChI=1S/C36H43F4N9O3/c1-33(50)17-49(13-14-51-18-33)31-25-28-29(47(3)30(25)42-32(43-31)52-19-34-8-5-7-23(34)46(2)12-6-9-34)27(45-48(28)4)24-20-16-41-44-22(20)15-21(36(38,39)40)26(24)35(37)10-11-35/h15-16,23,50H,5-14,17-19H2,1-4H3,(H,41,44)/t23-,33+,34-/m1/s1. The Morgan fingerprint density at radius 3 is 2.63 bits per heavy atom. The molecule has 4 fully saturated rings. The van der Waals surface area contributed by atoms with Gasteiger partial charge in [0.25, 0.3) is 0 Å². The van der Waals surface area contributed by atoms with E-state index in [1.165, 1.54) is 6.20 Å². The average Bonchev–Trinajstić information content (AvgIpc) is 3.41. The van der Waals surface area contributed by atoms with Crippen LogP contribution in [0, 0.1) is 5.41 Å². The lowest BCUT2D eigenvalue weighted by atomic mass is 9.76. The predicted octanol–water partition coefficient (Wildman–Crippen LogP) is 5.61. The molecule has 12 nitrogen and oxygen atoms in total. The Hall–Kier alpha value is -4.02. The van der Waals surface area contributed by atoms with Gasteiger partial charge in [-0.05, 0) is 65.1 Å². The molecule has 1 aromatic carbocycles. The van der Waals surface area contributed by atoms with E-state index >= 15 is 4.39 Å². The molecule has 4 aliphatic rings. The van der Waals surface area contributed by atoms with Gasteiger partial charge in [-0.2, -0.15) is 33.3 Å². The second-order valence-electron chi connectivity index (χ2n) is 15.8. The third-order valence-corrected chi connectivity index (χ3v) is 12.0. The van der Waals surface area contributed by atoms with Gasteiger partial charge in [-0.15, -0.1) is 0 Å². The van der Waals surface area contributed by atoms with Crippen LogP contribution in [0.3, 0.4) is 0 Å². The van der Waals surface area contributed by atoms with Gasteiger partial charge in [-0.3, -0.25) is 9.78 Å². The number of aromatic nitrogens is 7. The summed E-state index contributed by atoms with van der Waals surface area (Å²) in [6, 6.07) is 1.54. The lowest BCUT2D eigenvalue weighted by Gasteiger charge is -2.44. The lowest BCUT2D eigenvalue weighted by Crippen LogP contribution is -2.50. The molecule has 2 aliphatic heterocycles. The normalized spacial score (nSPS) is 26.8. The van der Waals surface area contributed by atoms with E-state index in [1.807, 2.05) is 4.90 Å². The first kappa shape index (κ1) is 33.8. The van der Waals surface area contributed by atoms with Gasteiger partial charge in [0.1, 0.15) is 22.8 Å². The first-order chi connectivity index (χ1) is 24.7. The minimum atomic E-state index is -4.82. The smallest absolute Gasteiger partial charge is 0.416 e. The van der Waals surface area contributed by atoms with Crippen LogP contribution in [0.2, 0.25) is 0 Å². The van der Waals surface area contributed by atoms with E-state index < -0.39 is 28.6 Å². The van der Waals surface area contributed by atoms with Gasteiger partial charge in [0.05, 0.1) is 60.1 Å². The van der Waals surface area contributed by atoms with Crippen molar-refractivity contribution in [2.24, 2.45) is 19.5 Å². The number of aliphatic hydroxyl groups is 1. The maximum Gasteiger partial charge on any atom is 0.416 e. The van der Waals surface area contributed by atoms with Gasteiger partial charge < -0.3 is 28.9 Å². The highest BCUT2D eigenvalue weighted by atomic mass is 19.4. The number of alkyl halides is 4. The van der Waals surface area contributed by atoms with Gasteiger partial charge in [-0.25, -0.2) is 4.39 Å². The summed E-state index contributed by atoms with van der Waals surface area (Å²) in [5.74, 6) is 0.494. The number of hydrogen-bond acceptors (Lipinski definition) is 9. The van der Waals surface area contributed by atoms with Crippen LogP contribution >= 0.6 is 0 Å². The number of halogens is 4. The Morgan fingerprint density at radius 2 is 1.87 bits per heavy atom. The van der Waals surface area contributed by atoms with Crippen LogP contribution in [-0.2, 0) is 30.7 Å². The highest BCUT2D eigenvalue weighted by Crippen LogP contribution is 2.58. The summed E-state index contributed by atoms with van der Waals surface area (Å²) in [5, 5.41) is 23.7. The number of H-pyrrole nitrogens is 1. The van der Waals surface area contributed by atoms with Crippen LogP contribution in [0.4, 0.5) is 23.4 Å². The number of rotatable bonds is 6. The van der Waals surface area contributed by atoms with E-state index in [1.54, 1.807) is 30.3 Å². The Bertz CT molecular complexity index is 2220. The predicted molar refractivity (Wildman–Crippen MR) is 186 cm³/mol. The minimum Gasteiger partial charge on any atom is -0.463 e. The highest BCUT2D eigenvalue weighted by molar-refractivity contribution is 6.16. The molecule has 16 heteroatoms. The van der Waals surface area contributed by atoms with Gasteiger partial charge in [0.2, 0.25) is 0 Å². The van der Waals surface area contributed by atoms with Gasteiger partial charge in [0.15, 0.2) is 5.65 Å². The van der Waals surface area contributed by atoms with Crippen LogP contribution < -0.4 is 9.64 Å². The fourth-order valence-electron chi connectivity index (χ4n) is 9.51. The number of benzene rings is 1. The molecular formula is C36H43F4N9O3. The van der Waals surface area contributed by atoms with E-state index in [-0.39, 0.29) is 54.2 Å². The van der Waals surface area contributed by atoms with Crippen molar-refractivity contribution in [1.29, 1.82) is 0 Å². The molecule has 0 radical (unpaired) electrons. The number of hydrogen-bond donors (Lipinski definition) is 2. The van der Waals surface area contributed by atoms with Crippen molar-refractivity contribution < 1.29 is 32.1 Å².